The summed E-state index contributed by atoms with van der Waals surface area (Å²) in [5, 5.41) is 0. The highest BCUT2D eigenvalue weighted by molar-refractivity contribution is 9.10. The molecular formula is C17H16BrNO. The summed E-state index contributed by atoms with van der Waals surface area (Å²) in [5.41, 5.74) is 3.37. The fraction of sp³-hybridized carbons (Fsp3) is 0.235. The van der Waals surface area contributed by atoms with Crippen molar-refractivity contribution in [3.05, 3.63) is 64.1 Å². The van der Waals surface area contributed by atoms with Crippen molar-refractivity contribution in [3.63, 3.8) is 0 Å². The summed E-state index contributed by atoms with van der Waals surface area (Å²) in [4.78, 5) is 14.5. The van der Waals surface area contributed by atoms with Crippen LogP contribution < -0.4 is 4.90 Å². The fourth-order valence-corrected chi connectivity index (χ4v) is 3.24. The van der Waals surface area contributed by atoms with Crippen LogP contribution in [-0.4, -0.2) is 11.9 Å². The van der Waals surface area contributed by atoms with Gasteiger partial charge < -0.3 is 4.90 Å². The largest absolute Gasteiger partial charge is 0.309 e. The van der Waals surface area contributed by atoms with Gasteiger partial charge >= 0.3 is 0 Å². The lowest BCUT2D eigenvalue weighted by atomic mass is 10.1. The third-order valence-electron chi connectivity index (χ3n) is 3.72. The Morgan fingerprint density at radius 1 is 1.25 bits per heavy atom. The second-order valence-corrected chi connectivity index (χ2v) is 6.17. The molecule has 0 aromatic heterocycles. The van der Waals surface area contributed by atoms with Crippen LogP contribution in [0.4, 0.5) is 5.69 Å². The third-order valence-corrected chi connectivity index (χ3v) is 4.22. The van der Waals surface area contributed by atoms with E-state index in [2.05, 4.69) is 28.9 Å². The molecule has 1 amide bonds. The number of benzene rings is 2. The maximum Gasteiger partial charge on any atom is 0.231 e. The van der Waals surface area contributed by atoms with E-state index in [1.54, 1.807) is 0 Å². The third kappa shape index (κ3) is 2.50. The Bertz CT molecular complexity index is 639. The monoisotopic (exact) mass is 329 g/mol. The molecule has 0 saturated heterocycles. The highest BCUT2D eigenvalue weighted by Gasteiger charge is 2.30. The van der Waals surface area contributed by atoms with Crippen molar-refractivity contribution < 1.29 is 4.79 Å². The fourth-order valence-electron chi connectivity index (χ4n) is 2.84. The van der Waals surface area contributed by atoms with Gasteiger partial charge in [0, 0.05) is 16.2 Å². The van der Waals surface area contributed by atoms with Gasteiger partial charge in [0.2, 0.25) is 5.91 Å². The van der Waals surface area contributed by atoms with Crippen molar-refractivity contribution >= 4 is 27.5 Å². The number of anilines is 1. The number of fused-ring (bicyclic) bond motifs is 1. The van der Waals surface area contributed by atoms with Crippen LogP contribution in [0.3, 0.4) is 0 Å². The van der Waals surface area contributed by atoms with Crippen LogP contribution in [0.1, 0.15) is 18.1 Å². The molecule has 1 atom stereocenters. The molecule has 0 N–H and O–H groups in total. The van der Waals surface area contributed by atoms with Crippen LogP contribution in [0, 0.1) is 0 Å². The summed E-state index contributed by atoms with van der Waals surface area (Å²) in [6, 6.07) is 16.3. The van der Waals surface area contributed by atoms with Crippen molar-refractivity contribution in [2.75, 3.05) is 4.90 Å². The number of hydrogen-bond donors (Lipinski definition) is 0. The van der Waals surface area contributed by atoms with E-state index < -0.39 is 0 Å². The molecule has 1 heterocycles. The van der Waals surface area contributed by atoms with Gasteiger partial charge in [-0.15, -0.1) is 0 Å². The molecule has 1 aliphatic rings. The van der Waals surface area contributed by atoms with Crippen LogP contribution in [0.5, 0.6) is 0 Å². The van der Waals surface area contributed by atoms with Crippen molar-refractivity contribution in [1.82, 2.24) is 0 Å². The molecule has 2 nitrogen and oxygen atoms in total. The molecule has 102 valence electrons. The van der Waals surface area contributed by atoms with Gasteiger partial charge in [0.25, 0.3) is 0 Å². The highest BCUT2D eigenvalue weighted by Crippen LogP contribution is 2.34. The minimum atomic E-state index is 0.171. The number of halogens is 1. The van der Waals surface area contributed by atoms with Gasteiger partial charge in [0.05, 0.1) is 6.42 Å². The van der Waals surface area contributed by atoms with E-state index in [-0.39, 0.29) is 11.9 Å². The van der Waals surface area contributed by atoms with Crippen molar-refractivity contribution in [2.45, 2.75) is 25.8 Å². The SMILES string of the molecule is C[C@H]1Cc2cc(Br)ccc2N1C(=O)Cc1ccccc1. The van der Waals surface area contributed by atoms with Gasteiger partial charge in [-0.3, -0.25) is 4.79 Å². The molecule has 0 bridgehead atoms. The van der Waals surface area contributed by atoms with Crippen molar-refractivity contribution in [2.24, 2.45) is 0 Å². The molecule has 0 radical (unpaired) electrons. The van der Waals surface area contributed by atoms with Gasteiger partial charge in [0.15, 0.2) is 0 Å². The minimum Gasteiger partial charge on any atom is -0.309 e. The van der Waals surface area contributed by atoms with Crippen LogP contribution in [-0.2, 0) is 17.6 Å². The summed E-state index contributed by atoms with van der Waals surface area (Å²) < 4.78 is 1.07. The number of rotatable bonds is 2. The quantitative estimate of drug-likeness (QED) is 0.816. The molecule has 0 spiro atoms. The molecule has 3 rings (SSSR count). The molecule has 1 aliphatic heterocycles. The van der Waals surface area contributed by atoms with Crippen molar-refractivity contribution in [3.8, 4) is 0 Å². The predicted molar refractivity (Wildman–Crippen MR) is 84.9 cm³/mol. The van der Waals surface area contributed by atoms with Gasteiger partial charge in [-0.2, -0.15) is 0 Å². The Morgan fingerprint density at radius 2 is 2.00 bits per heavy atom. The van der Waals surface area contributed by atoms with Gasteiger partial charge in [-0.05, 0) is 42.7 Å². The van der Waals surface area contributed by atoms with E-state index in [9.17, 15) is 4.79 Å². The van der Waals surface area contributed by atoms with Crippen LogP contribution in [0.25, 0.3) is 0 Å². The van der Waals surface area contributed by atoms with Gasteiger partial charge in [0.1, 0.15) is 0 Å². The first-order valence-electron chi connectivity index (χ1n) is 6.79. The Balaban J connectivity index is 1.86. The second-order valence-electron chi connectivity index (χ2n) is 5.25. The Hall–Kier alpha value is -1.61. The lowest BCUT2D eigenvalue weighted by Crippen LogP contribution is -2.36. The molecule has 20 heavy (non-hydrogen) atoms. The molecule has 3 heteroatoms. The molecule has 0 fully saturated rings. The molecular weight excluding hydrogens is 314 g/mol. The molecule has 0 unspecified atom stereocenters. The van der Waals surface area contributed by atoms with Gasteiger partial charge in [-0.25, -0.2) is 0 Å². The first-order chi connectivity index (χ1) is 9.65. The lowest BCUT2D eigenvalue weighted by Gasteiger charge is -2.22. The average Bonchev–Trinajstić information content (AvgIpc) is 2.74. The zero-order chi connectivity index (χ0) is 14.1. The summed E-state index contributed by atoms with van der Waals surface area (Å²) in [5.74, 6) is 0.171. The number of carbonyl (C=O) groups is 1. The molecule has 0 aliphatic carbocycles. The molecule has 2 aromatic rings. The maximum absolute atomic E-state index is 12.6. The normalized spacial score (nSPS) is 17.1. The number of carbonyl (C=O) groups excluding carboxylic acids is 1. The lowest BCUT2D eigenvalue weighted by molar-refractivity contribution is -0.118. The minimum absolute atomic E-state index is 0.171. The summed E-state index contributed by atoms with van der Waals surface area (Å²) in [6.45, 7) is 2.11. The first-order valence-corrected chi connectivity index (χ1v) is 7.59. The maximum atomic E-state index is 12.6. The smallest absolute Gasteiger partial charge is 0.231 e. The Labute approximate surface area is 127 Å². The summed E-state index contributed by atoms with van der Waals surface area (Å²) >= 11 is 3.49. The van der Waals surface area contributed by atoms with Crippen LogP contribution >= 0.6 is 15.9 Å². The molecule has 0 saturated carbocycles. The number of hydrogen-bond acceptors (Lipinski definition) is 1. The first kappa shape index (κ1) is 13.4. The topological polar surface area (TPSA) is 20.3 Å². The standard InChI is InChI=1S/C17H16BrNO/c1-12-9-14-11-15(18)7-8-16(14)19(12)17(20)10-13-5-3-2-4-6-13/h2-8,11-12H,9-10H2,1H3/t12-/m0/s1. The van der Waals surface area contributed by atoms with E-state index in [0.29, 0.717) is 6.42 Å². The van der Waals surface area contributed by atoms with E-state index in [1.807, 2.05) is 47.4 Å². The second kappa shape index (κ2) is 5.41. The predicted octanol–water partition coefficient (Wildman–Crippen LogP) is 3.97. The van der Waals surface area contributed by atoms with E-state index in [1.165, 1.54) is 5.56 Å². The summed E-state index contributed by atoms with van der Waals surface area (Å²) in [7, 11) is 0. The van der Waals surface area contributed by atoms with E-state index in [4.69, 9.17) is 0 Å². The number of nitrogens with zero attached hydrogens (tertiary/aromatic N) is 1. The molecule has 2 aromatic carbocycles. The summed E-state index contributed by atoms with van der Waals surface area (Å²) in [6.07, 6.45) is 1.38. The number of amides is 1. The van der Waals surface area contributed by atoms with Gasteiger partial charge in [-0.1, -0.05) is 46.3 Å². The van der Waals surface area contributed by atoms with E-state index in [0.717, 1.165) is 22.1 Å². The van der Waals surface area contributed by atoms with Crippen molar-refractivity contribution in [1.29, 1.82) is 0 Å². The Morgan fingerprint density at radius 3 is 2.75 bits per heavy atom. The van der Waals surface area contributed by atoms with Crippen LogP contribution in [0.2, 0.25) is 0 Å². The van der Waals surface area contributed by atoms with Crippen LogP contribution in [0.15, 0.2) is 53.0 Å². The van der Waals surface area contributed by atoms with E-state index >= 15 is 0 Å². The Kier molecular flexibility index (Phi) is 3.62. The zero-order valence-corrected chi connectivity index (χ0v) is 12.9. The highest BCUT2D eigenvalue weighted by atomic mass is 79.9. The average molecular weight is 330 g/mol. The zero-order valence-electron chi connectivity index (χ0n) is 11.3.